The average molecular weight is 253 g/mol. The van der Waals surface area contributed by atoms with Gasteiger partial charge in [0.05, 0.1) is 13.2 Å². The highest BCUT2D eigenvalue weighted by Crippen LogP contribution is 2.17. The lowest BCUT2D eigenvalue weighted by atomic mass is 10.2. The molecule has 0 aromatic heterocycles. The van der Waals surface area contributed by atoms with Gasteiger partial charge in [0.15, 0.2) is 11.6 Å². The summed E-state index contributed by atoms with van der Waals surface area (Å²) in [7, 11) is 1.38. The third kappa shape index (κ3) is 2.98. The van der Waals surface area contributed by atoms with Crippen molar-refractivity contribution in [2.75, 3.05) is 20.3 Å². The van der Waals surface area contributed by atoms with Crippen LogP contribution in [0.15, 0.2) is 18.2 Å². The summed E-state index contributed by atoms with van der Waals surface area (Å²) in [6.45, 7) is 1.21. The largest absolute Gasteiger partial charge is 0.494 e. The van der Waals surface area contributed by atoms with E-state index in [0.717, 1.165) is 19.4 Å². The van der Waals surface area contributed by atoms with Crippen LogP contribution in [0.25, 0.3) is 0 Å². The Morgan fingerprint density at radius 2 is 2.44 bits per heavy atom. The van der Waals surface area contributed by atoms with Crippen molar-refractivity contribution < 1.29 is 18.7 Å². The maximum absolute atomic E-state index is 13.4. The molecule has 1 aromatic carbocycles. The zero-order chi connectivity index (χ0) is 13.0. The zero-order valence-corrected chi connectivity index (χ0v) is 10.2. The van der Waals surface area contributed by atoms with Crippen LogP contribution in [-0.2, 0) is 4.74 Å². The normalized spacial score (nSPS) is 18.7. The van der Waals surface area contributed by atoms with Crippen molar-refractivity contribution in [3.05, 3.63) is 29.6 Å². The predicted octanol–water partition coefficient (Wildman–Crippen LogP) is 1.74. The first-order valence-electron chi connectivity index (χ1n) is 5.94. The van der Waals surface area contributed by atoms with E-state index in [1.807, 2.05) is 0 Å². The number of nitrogens with one attached hydrogen (secondary N) is 1. The van der Waals surface area contributed by atoms with Crippen molar-refractivity contribution in [1.82, 2.24) is 5.32 Å². The van der Waals surface area contributed by atoms with Gasteiger partial charge in [-0.05, 0) is 31.0 Å². The second kappa shape index (κ2) is 5.82. The summed E-state index contributed by atoms with van der Waals surface area (Å²) in [6, 6.07) is 4.15. The molecule has 0 spiro atoms. The fourth-order valence-corrected chi connectivity index (χ4v) is 1.92. The van der Waals surface area contributed by atoms with E-state index in [-0.39, 0.29) is 23.3 Å². The van der Waals surface area contributed by atoms with Gasteiger partial charge in [0, 0.05) is 18.7 Å². The number of amides is 1. The first kappa shape index (κ1) is 12.8. The predicted molar refractivity (Wildman–Crippen MR) is 64.3 cm³/mol. The molecule has 18 heavy (non-hydrogen) atoms. The Labute approximate surface area is 105 Å². The lowest BCUT2D eigenvalue weighted by molar-refractivity contribution is 0.0857. The molecule has 1 heterocycles. The van der Waals surface area contributed by atoms with Gasteiger partial charge in [-0.15, -0.1) is 0 Å². The summed E-state index contributed by atoms with van der Waals surface area (Å²) in [5.74, 6) is -0.708. The average Bonchev–Trinajstić information content (AvgIpc) is 2.89. The SMILES string of the molecule is COc1ccc(C(=O)NC[C@H]2CCCO2)cc1F. The smallest absolute Gasteiger partial charge is 0.251 e. The molecule has 98 valence electrons. The van der Waals surface area contributed by atoms with E-state index in [1.54, 1.807) is 0 Å². The van der Waals surface area contributed by atoms with Crippen LogP contribution in [0.1, 0.15) is 23.2 Å². The van der Waals surface area contributed by atoms with Crippen molar-refractivity contribution in [2.24, 2.45) is 0 Å². The number of rotatable bonds is 4. The van der Waals surface area contributed by atoms with Gasteiger partial charge >= 0.3 is 0 Å². The van der Waals surface area contributed by atoms with Crippen molar-refractivity contribution in [3.63, 3.8) is 0 Å². The Balaban J connectivity index is 1.93. The van der Waals surface area contributed by atoms with Gasteiger partial charge in [0.25, 0.3) is 5.91 Å². The van der Waals surface area contributed by atoms with E-state index in [0.29, 0.717) is 6.54 Å². The molecule has 0 unspecified atom stereocenters. The van der Waals surface area contributed by atoms with E-state index in [9.17, 15) is 9.18 Å². The molecule has 0 radical (unpaired) electrons. The van der Waals surface area contributed by atoms with Crippen LogP contribution in [0.3, 0.4) is 0 Å². The summed E-state index contributed by atoms with van der Waals surface area (Å²) < 4.78 is 23.6. The Kier molecular flexibility index (Phi) is 4.15. The number of halogens is 1. The number of hydrogen-bond acceptors (Lipinski definition) is 3. The maximum atomic E-state index is 13.4. The Morgan fingerprint density at radius 3 is 3.06 bits per heavy atom. The van der Waals surface area contributed by atoms with Gasteiger partial charge in [-0.25, -0.2) is 4.39 Å². The summed E-state index contributed by atoms with van der Waals surface area (Å²) in [4.78, 5) is 11.8. The first-order valence-corrected chi connectivity index (χ1v) is 5.94. The highest BCUT2D eigenvalue weighted by molar-refractivity contribution is 5.94. The summed E-state index contributed by atoms with van der Waals surface area (Å²) >= 11 is 0. The van der Waals surface area contributed by atoms with Gasteiger partial charge in [-0.2, -0.15) is 0 Å². The Hall–Kier alpha value is -1.62. The molecule has 0 bridgehead atoms. The number of carbonyl (C=O) groups excluding carboxylic acids is 1. The topological polar surface area (TPSA) is 47.6 Å². The quantitative estimate of drug-likeness (QED) is 0.889. The molecule has 1 aliphatic heterocycles. The second-order valence-electron chi connectivity index (χ2n) is 4.19. The van der Waals surface area contributed by atoms with E-state index < -0.39 is 5.82 Å². The molecule has 5 heteroatoms. The van der Waals surface area contributed by atoms with E-state index >= 15 is 0 Å². The van der Waals surface area contributed by atoms with Crippen LogP contribution >= 0.6 is 0 Å². The van der Waals surface area contributed by atoms with Crippen LogP contribution < -0.4 is 10.1 Å². The third-order valence-electron chi connectivity index (χ3n) is 2.93. The van der Waals surface area contributed by atoms with E-state index in [4.69, 9.17) is 9.47 Å². The minimum atomic E-state index is -0.540. The highest BCUT2D eigenvalue weighted by atomic mass is 19.1. The zero-order valence-electron chi connectivity index (χ0n) is 10.2. The number of hydrogen-bond donors (Lipinski definition) is 1. The maximum Gasteiger partial charge on any atom is 0.251 e. The van der Waals surface area contributed by atoms with E-state index in [1.165, 1.54) is 25.3 Å². The third-order valence-corrected chi connectivity index (χ3v) is 2.93. The molecule has 1 aliphatic rings. The van der Waals surface area contributed by atoms with Crippen LogP contribution in [0.2, 0.25) is 0 Å². The molecule has 1 aromatic rings. The number of carbonyl (C=O) groups is 1. The van der Waals surface area contributed by atoms with Gasteiger partial charge in [0.1, 0.15) is 0 Å². The van der Waals surface area contributed by atoms with Gasteiger partial charge in [-0.3, -0.25) is 4.79 Å². The van der Waals surface area contributed by atoms with E-state index in [2.05, 4.69) is 5.32 Å². The molecule has 0 aliphatic carbocycles. The molecular formula is C13H16FNO3. The van der Waals surface area contributed by atoms with Crippen molar-refractivity contribution >= 4 is 5.91 Å². The summed E-state index contributed by atoms with van der Waals surface area (Å²) in [6.07, 6.45) is 2.06. The highest BCUT2D eigenvalue weighted by Gasteiger charge is 2.17. The molecule has 1 atom stereocenters. The Morgan fingerprint density at radius 1 is 1.61 bits per heavy atom. The number of ether oxygens (including phenoxy) is 2. The van der Waals surface area contributed by atoms with Crippen LogP contribution in [-0.4, -0.2) is 32.3 Å². The van der Waals surface area contributed by atoms with Crippen molar-refractivity contribution in [2.45, 2.75) is 18.9 Å². The fraction of sp³-hybridized carbons (Fsp3) is 0.462. The minimum absolute atomic E-state index is 0.0806. The molecule has 1 amide bonds. The summed E-state index contributed by atoms with van der Waals surface area (Å²) in [5.41, 5.74) is 0.284. The molecule has 1 N–H and O–H groups in total. The molecule has 0 saturated carbocycles. The minimum Gasteiger partial charge on any atom is -0.494 e. The molecule has 4 nitrogen and oxygen atoms in total. The van der Waals surface area contributed by atoms with Crippen LogP contribution in [0.4, 0.5) is 4.39 Å². The monoisotopic (exact) mass is 253 g/mol. The molecule has 1 fully saturated rings. The van der Waals surface area contributed by atoms with Crippen LogP contribution in [0.5, 0.6) is 5.75 Å². The van der Waals surface area contributed by atoms with Gasteiger partial charge < -0.3 is 14.8 Å². The molecule has 2 rings (SSSR count). The summed E-state index contributed by atoms with van der Waals surface area (Å²) in [5, 5.41) is 2.73. The molecule has 1 saturated heterocycles. The standard InChI is InChI=1S/C13H16FNO3/c1-17-12-5-4-9(7-11(12)14)13(16)15-8-10-3-2-6-18-10/h4-5,7,10H,2-3,6,8H2,1H3,(H,15,16)/t10-/m1/s1. The second-order valence-corrected chi connectivity index (χ2v) is 4.19. The molecular weight excluding hydrogens is 237 g/mol. The van der Waals surface area contributed by atoms with Crippen LogP contribution in [0, 0.1) is 5.82 Å². The Bertz CT molecular complexity index is 430. The number of benzene rings is 1. The fourth-order valence-electron chi connectivity index (χ4n) is 1.92. The van der Waals surface area contributed by atoms with Crippen molar-refractivity contribution in [3.8, 4) is 5.75 Å². The van der Waals surface area contributed by atoms with Gasteiger partial charge in [0.2, 0.25) is 0 Å². The van der Waals surface area contributed by atoms with Crippen molar-refractivity contribution in [1.29, 1.82) is 0 Å². The van der Waals surface area contributed by atoms with Gasteiger partial charge in [-0.1, -0.05) is 0 Å². The first-order chi connectivity index (χ1) is 8.70. The number of methoxy groups -OCH3 is 1. The lowest BCUT2D eigenvalue weighted by Gasteiger charge is -2.11. The lowest BCUT2D eigenvalue weighted by Crippen LogP contribution is -2.31.